The Morgan fingerprint density at radius 2 is 1.33 bits per heavy atom. The molecule has 0 aliphatic rings. The van der Waals surface area contributed by atoms with Gasteiger partial charge in [0.25, 0.3) is 0 Å². The van der Waals surface area contributed by atoms with E-state index < -0.39 is 5.97 Å². The van der Waals surface area contributed by atoms with Crippen molar-refractivity contribution in [2.75, 3.05) is 0 Å². The lowest BCUT2D eigenvalue weighted by atomic mass is 10.0. The number of ketones is 1. The molecule has 0 amide bonds. The van der Waals surface area contributed by atoms with E-state index >= 15 is 0 Å². The van der Waals surface area contributed by atoms with Crippen LogP contribution in [0.1, 0.15) is 40.1 Å². The SMILES string of the molecule is CC(C)Oc1ccccc1C(=O)Oc1ccc(C(=O)c2ccccc2)cc1. The lowest BCUT2D eigenvalue weighted by molar-refractivity contribution is 0.0728. The Hall–Kier alpha value is -3.40. The maximum Gasteiger partial charge on any atom is 0.347 e. The van der Waals surface area contributed by atoms with Crippen LogP contribution in [0.25, 0.3) is 0 Å². The molecular formula is C23H20O4. The molecule has 0 heterocycles. The van der Waals surface area contributed by atoms with Gasteiger partial charge in [0, 0.05) is 11.1 Å². The molecule has 3 aromatic rings. The molecule has 0 spiro atoms. The van der Waals surface area contributed by atoms with Crippen LogP contribution in [0.4, 0.5) is 0 Å². The summed E-state index contributed by atoms with van der Waals surface area (Å²) in [6, 6.07) is 22.5. The topological polar surface area (TPSA) is 52.6 Å². The van der Waals surface area contributed by atoms with Gasteiger partial charge < -0.3 is 9.47 Å². The van der Waals surface area contributed by atoms with Crippen molar-refractivity contribution in [3.63, 3.8) is 0 Å². The van der Waals surface area contributed by atoms with Gasteiger partial charge >= 0.3 is 5.97 Å². The van der Waals surface area contributed by atoms with Crippen LogP contribution < -0.4 is 9.47 Å². The van der Waals surface area contributed by atoms with E-state index in [1.165, 1.54) is 0 Å². The van der Waals surface area contributed by atoms with Crippen LogP contribution in [0.3, 0.4) is 0 Å². The third-order valence-electron chi connectivity index (χ3n) is 3.83. The van der Waals surface area contributed by atoms with Crippen molar-refractivity contribution in [1.82, 2.24) is 0 Å². The molecule has 0 atom stereocenters. The van der Waals surface area contributed by atoms with Crippen LogP contribution in [0.2, 0.25) is 0 Å². The van der Waals surface area contributed by atoms with E-state index in [4.69, 9.17) is 9.47 Å². The summed E-state index contributed by atoms with van der Waals surface area (Å²) in [6.07, 6.45) is -0.0535. The predicted octanol–water partition coefficient (Wildman–Crippen LogP) is 4.92. The molecule has 3 aromatic carbocycles. The second-order valence-corrected chi connectivity index (χ2v) is 6.27. The molecule has 27 heavy (non-hydrogen) atoms. The van der Waals surface area contributed by atoms with Gasteiger partial charge in [-0.3, -0.25) is 4.79 Å². The Kier molecular flexibility index (Phi) is 5.67. The maximum atomic E-state index is 12.5. The van der Waals surface area contributed by atoms with Gasteiger partial charge in [0.1, 0.15) is 17.1 Å². The van der Waals surface area contributed by atoms with E-state index in [0.717, 1.165) is 0 Å². The Bertz CT molecular complexity index is 928. The second-order valence-electron chi connectivity index (χ2n) is 6.27. The zero-order valence-electron chi connectivity index (χ0n) is 15.2. The molecule has 0 aliphatic carbocycles. The van der Waals surface area contributed by atoms with Crippen molar-refractivity contribution in [3.05, 3.63) is 95.6 Å². The highest BCUT2D eigenvalue weighted by Gasteiger charge is 2.16. The van der Waals surface area contributed by atoms with Crippen LogP contribution in [-0.2, 0) is 0 Å². The van der Waals surface area contributed by atoms with Gasteiger partial charge in [-0.1, -0.05) is 42.5 Å². The number of rotatable bonds is 6. The normalized spacial score (nSPS) is 10.5. The number of ether oxygens (including phenoxy) is 2. The first-order valence-electron chi connectivity index (χ1n) is 8.72. The number of hydrogen-bond donors (Lipinski definition) is 0. The lowest BCUT2D eigenvalue weighted by Crippen LogP contribution is -2.13. The number of carbonyl (C=O) groups is 2. The summed E-state index contributed by atoms with van der Waals surface area (Å²) >= 11 is 0. The van der Waals surface area contributed by atoms with E-state index in [9.17, 15) is 9.59 Å². The van der Waals surface area contributed by atoms with Gasteiger partial charge in [-0.05, 0) is 50.2 Å². The summed E-state index contributed by atoms with van der Waals surface area (Å²) in [5.41, 5.74) is 1.50. The van der Waals surface area contributed by atoms with Crippen LogP contribution in [0.5, 0.6) is 11.5 Å². The minimum absolute atomic E-state index is 0.0535. The second kappa shape index (κ2) is 8.32. The molecule has 136 valence electrons. The number of esters is 1. The molecule has 0 aromatic heterocycles. The maximum absolute atomic E-state index is 12.5. The quantitative estimate of drug-likeness (QED) is 0.355. The highest BCUT2D eigenvalue weighted by atomic mass is 16.5. The van der Waals surface area contributed by atoms with E-state index in [-0.39, 0.29) is 11.9 Å². The molecule has 3 rings (SSSR count). The molecule has 0 fully saturated rings. The molecule has 0 unspecified atom stereocenters. The molecular weight excluding hydrogens is 340 g/mol. The van der Waals surface area contributed by atoms with Crippen molar-refractivity contribution in [1.29, 1.82) is 0 Å². The zero-order chi connectivity index (χ0) is 19.2. The Balaban J connectivity index is 1.74. The van der Waals surface area contributed by atoms with E-state index in [1.807, 2.05) is 32.0 Å². The molecule has 0 bridgehead atoms. The first-order valence-corrected chi connectivity index (χ1v) is 8.72. The van der Waals surface area contributed by atoms with Gasteiger partial charge in [-0.25, -0.2) is 4.79 Å². The smallest absolute Gasteiger partial charge is 0.347 e. The molecule has 0 N–H and O–H groups in total. The van der Waals surface area contributed by atoms with Gasteiger partial charge in [0.15, 0.2) is 5.78 Å². The average Bonchev–Trinajstić information content (AvgIpc) is 2.68. The van der Waals surface area contributed by atoms with Crippen molar-refractivity contribution >= 4 is 11.8 Å². The van der Waals surface area contributed by atoms with Gasteiger partial charge in [-0.2, -0.15) is 0 Å². The molecule has 0 saturated carbocycles. The number of para-hydroxylation sites is 1. The van der Waals surface area contributed by atoms with E-state index in [2.05, 4.69) is 0 Å². The van der Waals surface area contributed by atoms with E-state index in [1.54, 1.807) is 60.7 Å². The average molecular weight is 360 g/mol. The largest absolute Gasteiger partial charge is 0.490 e. The minimum Gasteiger partial charge on any atom is -0.490 e. The van der Waals surface area contributed by atoms with Crippen molar-refractivity contribution < 1.29 is 19.1 Å². The summed E-state index contributed by atoms with van der Waals surface area (Å²) in [4.78, 5) is 24.9. The van der Waals surface area contributed by atoms with Gasteiger partial charge in [0.2, 0.25) is 0 Å². The summed E-state index contributed by atoms with van der Waals surface area (Å²) in [6.45, 7) is 3.79. The fraction of sp³-hybridized carbons (Fsp3) is 0.130. The van der Waals surface area contributed by atoms with Crippen molar-refractivity contribution in [2.24, 2.45) is 0 Å². The summed E-state index contributed by atoms with van der Waals surface area (Å²) in [7, 11) is 0. The molecule has 4 nitrogen and oxygen atoms in total. The van der Waals surface area contributed by atoms with Crippen LogP contribution in [0, 0.1) is 0 Å². The minimum atomic E-state index is -0.506. The van der Waals surface area contributed by atoms with Gasteiger partial charge in [-0.15, -0.1) is 0 Å². The van der Waals surface area contributed by atoms with Crippen molar-refractivity contribution in [2.45, 2.75) is 20.0 Å². The van der Waals surface area contributed by atoms with Crippen molar-refractivity contribution in [3.8, 4) is 11.5 Å². The first kappa shape index (κ1) is 18.4. The monoisotopic (exact) mass is 360 g/mol. The zero-order valence-corrected chi connectivity index (χ0v) is 15.2. The third kappa shape index (κ3) is 4.61. The number of carbonyl (C=O) groups excluding carboxylic acids is 2. The number of benzene rings is 3. The number of hydrogen-bond acceptors (Lipinski definition) is 4. The molecule has 0 aliphatic heterocycles. The molecule has 0 radical (unpaired) electrons. The molecule has 0 saturated heterocycles. The Morgan fingerprint density at radius 3 is 2.00 bits per heavy atom. The standard InChI is InChI=1S/C23H20O4/c1-16(2)26-21-11-7-6-10-20(21)23(25)27-19-14-12-18(13-15-19)22(24)17-8-4-3-5-9-17/h3-16H,1-2H3. The van der Waals surface area contributed by atoms with Crippen LogP contribution in [0.15, 0.2) is 78.9 Å². The van der Waals surface area contributed by atoms with E-state index in [0.29, 0.717) is 28.2 Å². The highest BCUT2D eigenvalue weighted by Crippen LogP contribution is 2.22. The fourth-order valence-corrected chi connectivity index (χ4v) is 2.58. The van der Waals surface area contributed by atoms with Crippen LogP contribution >= 0.6 is 0 Å². The predicted molar refractivity (Wildman–Crippen MR) is 103 cm³/mol. The Labute approximate surface area is 158 Å². The summed E-state index contributed by atoms with van der Waals surface area (Å²) in [5, 5.41) is 0. The third-order valence-corrected chi connectivity index (χ3v) is 3.83. The summed E-state index contributed by atoms with van der Waals surface area (Å²) < 4.78 is 11.1. The Morgan fingerprint density at radius 1 is 0.741 bits per heavy atom. The lowest BCUT2D eigenvalue weighted by Gasteiger charge is -2.13. The molecule has 4 heteroatoms. The summed E-state index contributed by atoms with van der Waals surface area (Å²) in [5.74, 6) is 0.259. The van der Waals surface area contributed by atoms with Gasteiger partial charge in [0.05, 0.1) is 6.10 Å². The first-order chi connectivity index (χ1) is 13.0. The highest BCUT2D eigenvalue weighted by molar-refractivity contribution is 6.09. The fourth-order valence-electron chi connectivity index (χ4n) is 2.58. The van der Waals surface area contributed by atoms with Crippen LogP contribution in [-0.4, -0.2) is 17.9 Å².